The Bertz CT molecular complexity index is 699. The molecule has 0 aliphatic heterocycles. The van der Waals surface area contributed by atoms with Gasteiger partial charge in [-0.2, -0.15) is 4.39 Å². The summed E-state index contributed by atoms with van der Waals surface area (Å²) >= 11 is 0. The number of hydrogen-bond donors (Lipinski definition) is 1. The predicted molar refractivity (Wildman–Crippen MR) is 72.0 cm³/mol. The molecule has 0 aliphatic carbocycles. The molecule has 0 saturated carbocycles. The Morgan fingerprint density at radius 1 is 0.944 bits per heavy atom. The Morgan fingerprint density at radius 2 is 1.78 bits per heavy atom. The van der Waals surface area contributed by atoms with Crippen molar-refractivity contribution < 1.29 is 4.39 Å². The Morgan fingerprint density at radius 3 is 2.61 bits per heavy atom. The molecule has 2 nitrogen and oxygen atoms in total. The van der Waals surface area contributed by atoms with Crippen LogP contribution in [0.25, 0.3) is 10.9 Å². The van der Waals surface area contributed by atoms with E-state index in [1.165, 1.54) is 0 Å². The van der Waals surface area contributed by atoms with E-state index in [0.29, 0.717) is 11.3 Å². The van der Waals surface area contributed by atoms with Crippen LogP contribution in [-0.4, -0.2) is 10.9 Å². The van der Waals surface area contributed by atoms with E-state index in [1.807, 2.05) is 36.4 Å². The summed E-state index contributed by atoms with van der Waals surface area (Å²) in [6.45, 7) is 0. The van der Waals surface area contributed by atoms with Gasteiger partial charge in [-0.1, -0.05) is 30.3 Å². The van der Waals surface area contributed by atoms with Gasteiger partial charge in [-0.3, -0.25) is 0 Å². The van der Waals surface area contributed by atoms with Crippen LogP contribution in [0, 0.1) is 0 Å². The van der Waals surface area contributed by atoms with Crippen LogP contribution in [0.3, 0.4) is 0 Å². The summed E-state index contributed by atoms with van der Waals surface area (Å²) in [6.07, 6.45) is 1.80. The molecule has 88 valence electrons. The van der Waals surface area contributed by atoms with Gasteiger partial charge in [-0.05, 0) is 24.3 Å². The van der Waals surface area contributed by atoms with Gasteiger partial charge in [0.25, 0.3) is 0 Å². The zero-order valence-electron chi connectivity index (χ0n) is 9.60. The maximum atomic E-state index is 14.2. The monoisotopic (exact) mass is 238 g/mol. The molecule has 0 radical (unpaired) electrons. The highest BCUT2D eigenvalue weighted by Crippen LogP contribution is 2.20. The van der Waals surface area contributed by atoms with Crippen molar-refractivity contribution in [3.63, 3.8) is 0 Å². The third-order valence-corrected chi connectivity index (χ3v) is 2.79. The molecule has 0 aliphatic rings. The molecule has 0 atom stereocenters. The number of aliphatic imine (C=N–C) groups is 1. The summed E-state index contributed by atoms with van der Waals surface area (Å²) in [6, 6.07) is 16.5. The van der Waals surface area contributed by atoms with Gasteiger partial charge in [-0.15, -0.1) is 0 Å². The SMILES string of the molecule is FC(=Nc1ccccc1)c1cccc2cc[nH]c12. The van der Waals surface area contributed by atoms with Crippen molar-refractivity contribution in [3.8, 4) is 0 Å². The average molecular weight is 238 g/mol. The Labute approximate surface area is 104 Å². The Balaban J connectivity index is 2.09. The third kappa shape index (κ3) is 1.91. The molecule has 0 unspecified atom stereocenters. The lowest BCUT2D eigenvalue weighted by Crippen LogP contribution is -1.93. The van der Waals surface area contributed by atoms with Crippen molar-refractivity contribution in [3.05, 3.63) is 66.4 Å². The van der Waals surface area contributed by atoms with E-state index < -0.39 is 5.97 Å². The minimum absolute atomic E-state index is 0.478. The standard InChI is InChI=1S/C15H11FN2/c16-15(18-12-6-2-1-3-7-12)13-8-4-5-11-9-10-17-14(11)13/h1-10,17H. The number of halogens is 1. The van der Waals surface area contributed by atoms with E-state index in [1.54, 1.807) is 24.4 Å². The maximum absolute atomic E-state index is 14.2. The fourth-order valence-corrected chi connectivity index (χ4v) is 1.93. The predicted octanol–water partition coefficient (Wildman–Crippen LogP) is 4.22. The van der Waals surface area contributed by atoms with E-state index in [2.05, 4.69) is 9.98 Å². The summed E-state index contributed by atoms with van der Waals surface area (Å²) in [4.78, 5) is 7.02. The Hall–Kier alpha value is -2.42. The lowest BCUT2D eigenvalue weighted by atomic mass is 10.1. The molecule has 0 saturated heterocycles. The number of hydrogen-bond acceptors (Lipinski definition) is 1. The first kappa shape index (κ1) is 10.7. The second-order valence-electron chi connectivity index (χ2n) is 3.99. The molecule has 2 aromatic carbocycles. The number of benzene rings is 2. The molecule has 3 heteroatoms. The van der Waals surface area contributed by atoms with Crippen molar-refractivity contribution in [1.82, 2.24) is 4.98 Å². The fourth-order valence-electron chi connectivity index (χ4n) is 1.93. The summed E-state index contributed by atoms with van der Waals surface area (Å²) in [5.74, 6) is -0.478. The minimum Gasteiger partial charge on any atom is -0.361 e. The molecule has 0 bridgehead atoms. The first-order valence-electron chi connectivity index (χ1n) is 5.70. The van der Waals surface area contributed by atoms with Gasteiger partial charge < -0.3 is 4.98 Å². The number of fused-ring (bicyclic) bond motifs is 1. The lowest BCUT2D eigenvalue weighted by molar-refractivity contribution is 0.808. The van der Waals surface area contributed by atoms with Gasteiger partial charge in [0.15, 0.2) is 0 Å². The van der Waals surface area contributed by atoms with E-state index >= 15 is 0 Å². The second-order valence-corrected chi connectivity index (χ2v) is 3.99. The molecule has 0 spiro atoms. The molecular weight excluding hydrogens is 227 g/mol. The average Bonchev–Trinajstić information content (AvgIpc) is 2.87. The number of para-hydroxylation sites is 2. The smallest absolute Gasteiger partial charge is 0.222 e. The van der Waals surface area contributed by atoms with Gasteiger partial charge in [0, 0.05) is 11.6 Å². The lowest BCUT2D eigenvalue weighted by Gasteiger charge is -2.00. The molecule has 3 rings (SSSR count). The summed E-state index contributed by atoms with van der Waals surface area (Å²) in [5, 5.41) is 0.978. The van der Waals surface area contributed by atoms with Crippen LogP contribution in [-0.2, 0) is 0 Å². The van der Waals surface area contributed by atoms with Gasteiger partial charge in [0.1, 0.15) is 0 Å². The number of rotatable bonds is 2. The van der Waals surface area contributed by atoms with Gasteiger partial charge >= 0.3 is 0 Å². The number of H-pyrrole nitrogens is 1. The third-order valence-electron chi connectivity index (χ3n) is 2.79. The second kappa shape index (κ2) is 4.45. The highest BCUT2D eigenvalue weighted by Gasteiger charge is 2.08. The van der Waals surface area contributed by atoms with Crippen LogP contribution in [0.2, 0.25) is 0 Å². The Kier molecular flexibility index (Phi) is 2.65. The molecule has 1 heterocycles. The van der Waals surface area contributed by atoms with Crippen LogP contribution < -0.4 is 0 Å². The largest absolute Gasteiger partial charge is 0.361 e. The minimum atomic E-state index is -0.478. The molecular formula is C15H11FN2. The number of aromatic nitrogens is 1. The van der Waals surface area contributed by atoms with E-state index in [4.69, 9.17) is 0 Å². The van der Waals surface area contributed by atoms with Crippen molar-refractivity contribution in [2.24, 2.45) is 4.99 Å². The molecule has 0 fully saturated rings. The van der Waals surface area contributed by atoms with Crippen LogP contribution >= 0.6 is 0 Å². The normalized spacial score (nSPS) is 11.9. The summed E-state index contributed by atoms with van der Waals surface area (Å²) < 4.78 is 14.2. The summed E-state index contributed by atoms with van der Waals surface area (Å²) in [5.41, 5.74) is 1.87. The van der Waals surface area contributed by atoms with E-state index in [-0.39, 0.29) is 0 Å². The topological polar surface area (TPSA) is 28.1 Å². The van der Waals surface area contributed by atoms with Gasteiger partial charge in [-0.25, -0.2) is 4.99 Å². The van der Waals surface area contributed by atoms with Crippen molar-refractivity contribution >= 4 is 22.6 Å². The molecule has 0 amide bonds. The number of aromatic amines is 1. The molecule has 1 N–H and O–H groups in total. The van der Waals surface area contributed by atoms with Gasteiger partial charge in [0.05, 0.1) is 16.8 Å². The quantitative estimate of drug-likeness (QED) is 0.648. The van der Waals surface area contributed by atoms with Crippen LogP contribution in [0.15, 0.2) is 65.8 Å². The summed E-state index contributed by atoms with van der Waals surface area (Å²) in [7, 11) is 0. The number of nitrogens with one attached hydrogen (secondary N) is 1. The van der Waals surface area contributed by atoms with Crippen LogP contribution in [0.5, 0.6) is 0 Å². The number of nitrogens with zero attached hydrogens (tertiary/aromatic N) is 1. The zero-order chi connectivity index (χ0) is 12.4. The van der Waals surface area contributed by atoms with Crippen molar-refractivity contribution in [2.75, 3.05) is 0 Å². The van der Waals surface area contributed by atoms with Crippen molar-refractivity contribution in [2.45, 2.75) is 0 Å². The van der Waals surface area contributed by atoms with Gasteiger partial charge in [0.2, 0.25) is 5.97 Å². The highest BCUT2D eigenvalue weighted by atomic mass is 19.1. The maximum Gasteiger partial charge on any atom is 0.222 e. The molecule has 3 aromatic rings. The first-order chi connectivity index (χ1) is 8.84. The fraction of sp³-hybridized carbons (Fsp3) is 0. The van der Waals surface area contributed by atoms with Crippen LogP contribution in [0.1, 0.15) is 5.56 Å². The highest BCUT2D eigenvalue weighted by molar-refractivity contribution is 6.05. The molecule has 18 heavy (non-hydrogen) atoms. The zero-order valence-corrected chi connectivity index (χ0v) is 9.60. The first-order valence-corrected chi connectivity index (χ1v) is 5.70. The van der Waals surface area contributed by atoms with E-state index in [9.17, 15) is 4.39 Å². The molecule has 1 aromatic heterocycles. The van der Waals surface area contributed by atoms with Crippen molar-refractivity contribution in [1.29, 1.82) is 0 Å². The van der Waals surface area contributed by atoms with E-state index in [0.717, 1.165) is 10.9 Å². The van der Waals surface area contributed by atoms with Crippen LogP contribution in [0.4, 0.5) is 10.1 Å².